The van der Waals surface area contributed by atoms with Crippen molar-refractivity contribution in [2.75, 3.05) is 19.6 Å². The first-order valence-electron chi connectivity index (χ1n) is 8.32. The third-order valence-corrected chi connectivity index (χ3v) is 4.47. The minimum absolute atomic E-state index is 0.0392. The Balaban J connectivity index is 1.55. The van der Waals surface area contributed by atoms with E-state index in [1.165, 1.54) is 0 Å². The molecule has 24 heavy (non-hydrogen) atoms. The van der Waals surface area contributed by atoms with Crippen LogP contribution in [0.3, 0.4) is 0 Å². The van der Waals surface area contributed by atoms with Gasteiger partial charge in [0.1, 0.15) is 11.5 Å². The smallest absolute Gasteiger partial charge is 0.251 e. The highest BCUT2D eigenvalue weighted by Gasteiger charge is 2.27. The summed E-state index contributed by atoms with van der Waals surface area (Å²) < 4.78 is 5.68. The topological polar surface area (TPSA) is 63.2 Å². The van der Waals surface area contributed by atoms with Crippen LogP contribution in [0.4, 0.5) is 0 Å². The van der Waals surface area contributed by atoms with Gasteiger partial charge in [-0.2, -0.15) is 0 Å². The Hall–Kier alpha value is -2.40. The molecule has 1 amide bonds. The van der Waals surface area contributed by atoms with E-state index in [2.05, 4.69) is 22.5 Å². The molecule has 0 saturated carbocycles. The van der Waals surface area contributed by atoms with Gasteiger partial charge in [0.05, 0.1) is 6.20 Å². The third kappa shape index (κ3) is 4.32. The van der Waals surface area contributed by atoms with Gasteiger partial charge in [0.25, 0.3) is 5.91 Å². The Bertz CT molecular complexity index is 665. The van der Waals surface area contributed by atoms with E-state index < -0.39 is 0 Å². The van der Waals surface area contributed by atoms with Crippen molar-refractivity contribution < 1.29 is 9.53 Å². The Morgan fingerprint density at radius 2 is 1.96 bits per heavy atom. The molecule has 0 aliphatic carbocycles. The number of nitrogens with zero attached hydrogens (tertiary/aromatic N) is 1. The number of carbonyl (C=O) groups is 1. The van der Waals surface area contributed by atoms with E-state index in [1.807, 2.05) is 12.1 Å². The monoisotopic (exact) mass is 325 g/mol. The van der Waals surface area contributed by atoms with Gasteiger partial charge in [0, 0.05) is 18.3 Å². The van der Waals surface area contributed by atoms with Crippen LogP contribution in [-0.2, 0) is 0 Å². The fourth-order valence-electron chi connectivity index (χ4n) is 2.82. The summed E-state index contributed by atoms with van der Waals surface area (Å²) in [4.78, 5) is 16.3. The lowest BCUT2D eigenvalue weighted by molar-refractivity contribution is 0.0922. The van der Waals surface area contributed by atoms with E-state index in [4.69, 9.17) is 4.74 Å². The van der Waals surface area contributed by atoms with Crippen LogP contribution in [0, 0.1) is 5.41 Å². The molecule has 0 bridgehead atoms. The fourth-order valence-corrected chi connectivity index (χ4v) is 2.82. The van der Waals surface area contributed by atoms with Crippen LogP contribution < -0.4 is 15.4 Å². The number of piperidine rings is 1. The molecule has 1 saturated heterocycles. The first kappa shape index (κ1) is 16.5. The summed E-state index contributed by atoms with van der Waals surface area (Å²) in [6.07, 6.45) is 5.53. The third-order valence-electron chi connectivity index (χ3n) is 4.47. The molecule has 1 aliphatic rings. The second kappa shape index (κ2) is 7.45. The van der Waals surface area contributed by atoms with Crippen molar-refractivity contribution in [2.24, 2.45) is 5.41 Å². The van der Waals surface area contributed by atoms with Crippen LogP contribution in [0.2, 0.25) is 0 Å². The summed E-state index contributed by atoms with van der Waals surface area (Å²) in [6.45, 7) is 4.99. The molecule has 2 aromatic rings. The number of hydrogen-bond donors (Lipinski definition) is 2. The molecule has 0 unspecified atom stereocenters. The van der Waals surface area contributed by atoms with Crippen molar-refractivity contribution >= 4 is 5.91 Å². The maximum Gasteiger partial charge on any atom is 0.251 e. The fraction of sp³-hybridized carbons (Fsp3) is 0.368. The maximum absolute atomic E-state index is 12.3. The lowest BCUT2D eigenvalue weighted by Crippen LogP contribution is -2.42. The van der Waals surface area contributed by atoms with Gasteiger partial charge in [-0.25, -0.2) is 0 Å². The van der Waals surface area contributed by atoms with Gasteiger partial charge in [0.2, 0.25) is 0 Å². The Kier molecular flexibility index (Phi) is 5.11. The van der Waals surface area contributed by atoms with Crippen molar-refractivity contribution in [3.63, 3.8) is 0 Å². The summed E-state index contributed by atoms with van der Waals surface area (Å²) in [7, 11) is 0. The molecule has 0 atom stereocenters. The normalized spacial score (nSPS) is 16.4. The molecule has 2 heterocycles. The molecule has 2 N–H and O–H groups in total. The highest BCUT2D eigenvalue weighted by molar-refractivity contribution is 5.94. The van der Waals surface area contributed by atoms with Crippen molar-refractivity contribution in [2.45, 2.75) is 19.8 Å². The number of hydrogen-bond acceptors (Lipinski definition) is 4. The lowest BCUT2D eigenvalue weighted by Gasteiger charge is -2.34. The molecule has 5 nitrogen and oxygen atoms in total. The molecule has 0 radical (unpaired) electrons. The molecular formula is C19H23N3O2. The average molecular weight is 325 g/mol. The van der Waals surface area contributed by atoms with Gasteiger partial charge < -0.3 is 15.4 Å². The van der Waals surface area contributed by atoms with E-state index in [9.17, 15) is 4.79 Å². The molecule has 3 rings (SSSR count). The maximum atomic E-state index is 12.3. The standard InChI is InChI=1S/C19H23N3O2/c1-19(8-11-20-12-9-19)14-22-18(23)15-4-6-16(7-5-15)24-17-3-2-10-21-13-17/h2-7,10,13,20H,8-9,11-12,14H2,1H3,(H,22,23). The number of pyridine rings is 1. The van der Waals surface area contributed by atoms with Gasteiger partial charge in [-0.05, 0) is 67.7 Å². The highest BCUT2D eigenvalue weighted by Crippen LogP contribution is 2.27. The summed E-state index contributed by atoms with van der Waals surface area (Å²) in [6, 6.07) is 10.8. The quantitative estimate of drug-likeness (QED) is 0.887. The summed E-state index contributed by atoms with van der Waals surface area (Å²) >= 11 is 0. The van der Waals surface area contributed by atoms with Crippen LogP contribution in [0.1, 0.15) is 30.1 Å². The predicted octanol–water partition coefficient (Wildman–Crippen LogP) is 2.99. The lowest BCUT2D eigenvalue weighted by atomic mass is 9.81. The first-order chi connectivity index (χ1) is 11.6. The zero-order valence-corrected chi connectivity index (χ0v) is 13.9. The molecule has 1 aromatic carbocycles. The Labute approximate surface area is 142 Å². The van der Waals surface area contributed by atoms with E-state index >= 15 is 0 Å². The minimum atomic E-state index is -0.0392. The highest BCUT2D eigenvalue weighted by atomic mass is 16.5. The van der Waals surface area contributed by atoms with E-state index in [1.54, 1.807) is 36.7 Å². The molecule has 1 aromatic heterocycles. The molecule has 1 aliphatic heterocycles. The van der Waals surface area contributed by atoms with E-state index in [-0.39, 0.29) is 11.3 Å². The molecule has 1 fully saturated rings. The minimum Gasteiger partial charge on any atom is -0.456 e. The second-order valence-electron chi connectivity index (χ2n) is 6.56. The van der Waals surface area contributed by atoms with Crippen LogP contribution in [0.5, 0.6) is 11.5 Å². The van der Waals surface area contributed by atoms with Gasteiger partial charge in [-0.3, -0.25) is 9.78 Å². The van der Waals surface area contributed by atoms with Crippen molar-refractivity contribution in [3.05, 3.63) is 54.4 Å². The Morgan fingerprint density at radius 3 is 2.62 bits per heavy atom. The van der Waals surface area contributed by atoms with E-state index in [0.29, 0.717) is 23.6 Å². The van der Waals surface area contributed by atoms with Crippen molar-refractivity contribution in [1.82, 2.24) is 15.6 Å². The Morgan fingerprint density at radius 1 is 1.21 bits per heavy atom. The number of carbonyl (C=O) groups excluding carboxylic acids is 1. The number of nitrogens with one attached hydrogen (secondary N) is 2. The zero-order chi connectivity index (χ0) is 16.8. The number of rotatable bonds is 5. The van der Waals surface area contributed by atoms with Crippen molar-refractivity contribution in [3.8, 4) is 11.5 Å². The number of aromatic nitrogens is 1. The molecular weight excluding hydrogens is 302 g/mol. The summed E-state index contributed by atoms with van der Waals surface area (Å²) in [5, 5.41) is 6.42. The average Bonchev–Trinajstić information content (AvgIpc) is 2.62. The van der Waals surface area contributed by atoms with Gasteiger partial charge in [-0.1, -0.05) is 6.92 Å². The predicted molar refractivity (Wildman–Crippen MR) is 93.3 cm³/mol. The largest absolute Gasteiger partial charge is 0.456 e. The summed E-state index contributed by atoms with van der Waals surface area (Å²) in [5.74, 6) is 1.32. The summed E-state index contributed by atoms with van der Waals surface area (Å²) in [5.41, 5.74) is 0.829. The zero-order valence-electron chi connectivity index (χ0n) is 13.9. The van der Waals surface area contributed by atoms with Gasteiger partial charge in [-0.15, -0.1) is 0 Å². The number of benzene rings is 1. The first-order valence-corrected chi connectivity index (χ1v) is 8.32. The van der Waals surface area contributed by atoms with Crippen molar-refractivity contribution in [1.29, 1.82) is 0 Å². The molecule has 126 valence electrons. The SMILES string of the molecule is CC1(CNC(=O)c2ccc(Oc3cccnc3)cc2)CCNCC1. The van der Waals surface area contributed by atoms with Crippen LogP contribution in [-0.4, -0.2) is 30.5 Å². The van der Waals surface area contributed by atoms with Gasteiger partial charge in [0.15, 0.2) is 0 Å². The second-order valence-corrected chi connectivity index (χ2v) is 6.56. The molecule has 5 heteroatoms. The van der Waals surface area contributed by atoms with E-state index in [0.717, 1.165) is 25.9 Å². The number of ether oxygens (including phenoxy) is 1. The van der Waals surface area contributed by atoms with Crippen LogP contribution in [0.25, 0.3) is 0 Å². The van der Waals surface area contributed by atoms with Gasteiger partial charge >= 0.3 is 0 Å². The molecule has 0 spiro atoms. The van der Waals surface area contributed by atoms with Crippen LogP contribution >= 0.6 is 0 Å². The number of amides is 1. The van der Waals surface area contributed by atoms with Crippen LogP contribution in [0.15, 0.2) is 48.8 Å².